The van der Waals surface area contributed by atoms with Crippen LogP contribution in [0, 0.1) is 10.1 Å². The molecule has 8 heteroatoms. The Labute approximate surface area is 104 Å². The van der Waals surface area contributed by atoms with Crippen LogP contribution in [-0.4, -0.2) is 36.1 Å². The molecule has 1 rings (SSSR count). The lowest BCUT2D eigenvalue weighted by molar-refractivity contribution is -0.384. The molecule has 8 nitrogen and oxygen atoms in total. The number of ether oxygens (including phenoxy) is 1. The summed E-state index contributed by atoms with van der Waals surface area (Å²) >= 11 is 0. The maximum absolute atomic E-state index is 10.7. The predicted molar refractivity (Wildman–Crippen MR) is 67.5 cm³/mol. The first-order valence-electron chi connectivity index (χ1n) is 5.30. The van der Waals surface area contributed by atoms with Gasteiger partial charge in [0.05, 0.1) is 4.92 Å². The monoisotopic (exact) mass is 253 g/mol. The largest absolute Gasteiger partial charge is 0.385 e. The van der Waals surface area contributed by atoms with E-state index in [4.69, 9.17) is 10.5 Å². The summed E-state index contributed by atoms with van der Waals surface area (Å²) in [7, 11) is 1.60. The molecule has 0 spiro atoms. The lowest BCUT2D eigenvalue weighted by Crippen LogP contribution is -2.24. The number of rotatable bonds is 6. The fourth-order valence-corrected chi connectivity index (χ4v) is 1.21. The van der Waals surface area contributed by atoms with Gasteiger partial charge in [-0.2, -0.15) is 0 Å². The Kier molecular flexibility index (Phi) is 5.52. The van der Waals surface area contributed by atoms with Crippen molar-refractivity contribution in [2.75, 3.05) is 25.6 Å². The number of nitrogens with one attached hydrogen (secondary N) is 1. The van der Waals surface area contributed by atoms with Crippen molar-refractivity contribution in [1.82, 2.24) is 4.98 Å². The number of pyridine rings is 1. The van der Waals surface area contributed by atoms with Crippen LogP contribution in [0.25, 0.3) is 0 Å². The zero-order valence-corrected chi connectivity index (χ0v) is 10.00. The summed E-state index contributed by atoms with van der Waals surface area (Å²) in [6.45, 7) is 1.06. The number of nitrogens with zero attached hydrogens (tertiary/aromatic N) is 3. The number of methoxy groups -OCH3 is 1. The quantitative estimate of drug-likeness (QED) is 0.254. The second kappa shape index (κ2) is 7.17. The maximum Gasteiger partial charge on any atom is 0.311 e. The van der Waals surface area contributed by atoms with Crippen molar-refractivity contribution < 1.29 is 9.66 Å². The van der Waals surface area contributed by atoms with E-state index in [9.17, 15) is 10.1 Å². The van der Waals surface area contributed by atoms with Gasteiger partial charge in [0.25, 0.3) is 0 Å². The number of aliphatic imine (C=N–C) groups is 1. The number of hydrogen-bond acceptors (Lipinski definition) is 5. The molecule has 0 unspecified atom stereocenters. The van der Waals surface area contributed by atoms with Gasteiger partial charge in [-0.15, -0.1) is 0 Å². The van der Waals surface area contributed by atoms with Crippen LogP contribution in [-0.2, 0) is 4.74 Å². The van der Waals surface area contributed by atoms with E-state index in [2.05, 4.69) is 15.3 Å². The minimum Gasteiger partial charge on any atom is -0.385 e. The Morgan fingerprint density at radius 3 is 3.17 bits per heavy atom. The summed E-state index contributed by atoms with van der Waals surface area (Å²) < 4.78 is 4.86. The van der Waals surface area contributed by atoms with Gasteiger partial charge in [0.15, 0.2) is 5.96 Å². The van der Waals surface area contributed by atoms with Crippen LogP contribution in [0.1, 0.15) is 6.42 Å². The molecule has 0 atom stereocenters. The van der Waals surface area contributed by atoms with Crippen molar-refractivity contribution in [3.8, 4) is 0 Å². The van der Waals surface area contributed by atoms with Crippen molar-refractivity contribution >= 4 is 17.5 Å². The van der Waals surface area contributed by atoms with Crippen LogP contribution < -0.4 is 11.1 Å². The van der Waals surface area contributed by atoms with E-state index < -0.39 is 4.92 Å². The molecule has 0 aliphatic rings. The normalized spacial score (nSPS) is 11.3. The second-order valence-corrected chi connectivity index (χ2v) is 3.37. The zero-order valence-electron chi connectivity index (χ0n) is 10.00. The van der Waals surface area contributed by atoms with E-state index in [-0.39, 0.29) is 17.5 Å². The summed E-state index contributed by atoms with van der Waals surface area (Å²) in [6.07, 6.45) is 2.16. The van der Waals surface area contributed by atoms with Crippen molar-refractivity contribution in [3.05, 3.63) is 28.4 Å². The molecule has 0 fully saturated rings. The first kappa shape index (κ1) is 13.8. The van der Waals surface area contributed by atoms with E-state index >= 15 is 0 Å². The third-order valence-corrected chi connectivity index (χ3v) is 2.02. The van der Waals surface area contributed by atoms with Crippen LogP contribution in [0.4, 0.5) is 11.5 Å². The first-order valence-corrected chi connectivity index (χ1v) is 5.30. The lowest BCUT2D eigenvalue weighted by atomic mass is 10.4. The highest BCUT2D eigenvalue weighted by Crippen LogP contribution is 2.19. The van der Waals surface area contributed by atoms with Gasteiger partial charge in [0, 0.05) is 32.5 Å². The maximum atomic E-state index is 10.7. The van der Waals surface area contributed by atoms with E-state index in [1.807, 2.05) is 0 Å². The molecule has 1 aromatic heterocycles. The third-order valence-electron chi connectivity index (χ3n) is 2.02. The summed E-state index contributed by atoms with van der Waals surface area (Å²) in [5, 5.41) is 13.3. The topological polar surface area (TPSA) is 116 Å². The van der Waals surface area contributed by atoms with E-state index in [1.54, 1.807) is 7.11 Å². The van der Waals surface area contributed by atoms with Gasteiger partial charge < -0.3 is 15.8 Å². The molecule has 1 heterocycles. The van der Waals surface area contributed by atoms with Gasteiger partial charge in [-0.1, -0.05) is 0 Å². The Morgan fingerprint density at radius 2 is 2.50 bits per heavy atom. The fourth-order valence-electron chi connectivity index (χ4n) is 1.21. The number of nitro groups is 1. The third kappa shape index (κ3) is 4.34. The highest BCUT2D eigenvalue weighted by molar-refractivity contribution is 5.93. The summed E-state index contributed by atoms with van der Waals surface area (Å²) in [5.74, 6) is 0.170. The highest BCUT2D eigenvalue weighted by Gasteiger charge is 2.14. The predicted octanol–water partition coefficient (Wildman–Crippen LogP) is 0.753. The smallest absolute Gasteiger partial charge is 0.311 e. The minimum absolute atomic E-state index is 0.0792. The molecule has 0 aliphatic carbocycles. The summed E-state index contributed by atoms with van der Waals surface area (Å²) in [6, 6.07) is 2.82. The van der Waals surface area contributed by atoms with Crippen LogP contribution in [0.2, 0.25) is 0 Å². The molecule has 0 aromatic carbocycles. The Bertz CT molecular complexity index is 435. The number of nitrogens with two attached hydrogens (primary N) is 1. The van der Waals surface area contributed by atoms with Crippen LogP contribution in [0.15, 0.2) is 23.3 Å². The standard InChI is InChI=1S/C10H15N5O3/c1-18-7-3-6-13-10(11)14-9-8(15(16)17)4-2-5-12-9/h2,4-5H,3,6-7H2,1H3,(H3,11,12,13,14). The van der Waals surface area contributed by atoms with E-state index in [0.29, 0.717) is 13.2 Å². The molecular formula is C10H15N5O3. The number of guanidine groups is 1. The molecule has 98 valence electrons. The molecule has 18 heavy (non-hydrogen) atoms. The molecule has 0 radical (unpaired) electrons. The van der Waals surface area contributed by atoms with Gasteiger partial charge in [-0.3, -0.25) is 15.1 Å². The molecule has 0 saturated carbocycles. The molecule has 0 bridgehead atoms. The van der Waals surface area contributed by atoms with Crippen LogP contribution >= 0.6 is 0 Å². The number of hydrogen-bond donors (Lipinski definition) is 2. The average Bonchev–Trinajstić information content (AvgIpc) is 2.35. The average molecular weight is 253 g/mol. The van der Waals surface area contributed by atoms with E-state index in [1.165, 1.54) is 18.3 Å². The highest BCUT2D eigenvalue weighted by atomic mass is 16.6. The SMILES string of the molecule is COCCCN=C(N)Nc1ncccc1[N+](=O)[O-]. The lowest BCUT2D eigenvalue weighted by Gasteiger charge is -2.04. The second-order valence-electron chi connectivity index (χ2n) is 3.37. The molecule has 1 aromatic rings. The Hall–Kier alpha value is -2.22. The summed E-state index contributed by atoms with van der Waals surface area (Å²) in [4.78, 5) is 18.0. The van der Waals surface area contributed by atoms with Crippen molar-refractivity contribution in [2.45, 2.75) is 6.42 Å². The number of aromatic nitrogens is 1. The van der Waals surface area contributed by atoms with Gasteiger partial charge in [-0.05, 0) is 12.5 Å². The van der Waals surface area contributed by atoms with Gasteiger partial charge >= 0.3 is 5.69 Å². The van der Waals surface area contributed by atoms with Crippen LogP contribution in [0.5, 0.6) is 0 Å². The van der Waals surface area contributed by atoms with Crippen molar-refractivity contribution in [3.63, 3.8) is 0 Å². The zero-order chi connectivity index (χ0) is 13.4. The minimum atomic E-state index is -0.534. The van der Waals surface area contributed by atoms with Gasteiger partial charge in [0.2, 0.25) is 5.82 Å². The number of anilines is 1. The van der Waals surface area contributed by atoms with Gasteiger partial charge in [0.1, 0.15) is 0 Å². The molecule has 0 amide bonds. The van der Waals surface area contributed by atoms with Crippen molar-refractivity contribution in [1.29, 1.82) is 0 Å². The molecule has 0 saturated heterocycles. The van der Waals surface area contributed by atoms with Crippen molar-refractivity contribution in [2.24, 2.45) is 10.7 Å². The molecular weight excluding hydrogens is 238 g/mol. The fraction of sp³-hybridized carbons (Fsp3) is 0.400. The summed E-state index contributed by atoms with van der Waals surface area (Å²) in [5.41, 5.74) is 5.45. The Morgan fingerprint density at radius 1 is 1.72 bits per heavy atom. The van der Waals surface area contributed by atoms with Crippen LogP contribution in [0.3, 0.4) is 0 Å². The van der Waals surface area contributed by atoms with E-state index in [0.717, 1.165) is 6.42 Å². The first-order chi connectivity index (χ1) is 8.65. The molecule has 3 N–H and O–H groups in total. The Balaban J connectivity index is 2.64. The molecule has 0 aliphatic heterocycles. The van der Waals surface area contributed by atoms with Gasteiger partial charge in [-0.25, -0.2) is 4.98 Å².